The number of pyridine rings is 1. The van der Waals surface area contributed by atoms with Crippen LogP contribution in [0.4, 0.5) is 22.7 Å². The van der Waals surface area contributed by atoms with Crippen molar-refractivity contribution in [2.24, 2.45) is 0 Å². The van der Waals surface area contributed by atoms with Crippen LogP contribution in [0.25, 0.3) is 38.8 Å². The standard InChI is InChI=1S/C58H59N4O.Pt/c1-36(2)47-20-16-21-48(37(3)4)56(47)40-17-15-18-43(29-40)61-35-62(61,54-28-39(6)38(5)27-53(54)61)44-30-42(58(10,11)12)31-46(33-44)63-45-23-24-50-49-19-13-14-22-51(49)60(52(50)34-45)55-32-41(25-26-59-55)57(7,8)9;/h13-32,35-37H,1-12H3;/q-1;/t61-,62?;/m0./s1. The van der Waals surface area contributed by atoms with Gasteiger partial charge in [0, 0.05) is 68.5 Å². The molecule has 328 valence electrons. The molecule has 0 bridgehead atoms. The van der Waals surface area contributed by atoms with E-state index >= 15 is 0 Å². The van der Waals surface area contributed by atoms with Gasteiger partial charge in [-0.05, 0) is 99.0 Å². The Hall–Kier alpha value is -5.32. The molecule has 6 aromatic carbocycles. The average Bonchev–Trinajstić information content (AvgIpc) is 3.76. The third kappa shape index (κ3) is 6.72. The number of ether oxygens (including phenoxy) is 1. The first-order chi connectivity index (χ1) is 29.9. The van der Waals surface area contributed by atoms with E-state index in [0.29, 0.717) is 32.5 Å². The van der Waals surface area contributed by atoms with E-state index in [-0.39, 0.29) is 31.9 Å². The zero-order valence-corrected chi connectivity index (χ0v) is 41.6. The Balaban J connectivity index is 0.00000518. The largest absolute Gasteiger partial charge is 0.509 e. The second-order valence-electron chi connectivity index (χ2n) is 20.6. The van der Waals surface area contributed by atoms with Crippen LogP contribution in [0.1, 0.15) is 114 Å². The first-order valence-corrected chi connectivity index (χ1v) is 22.6. The van der Waals surface area contributed by atoms with Crippen molar-refractivity contribution in [2.45, 2.75) is 106 Å². The van der Waals surface area contributed by atoms with Crippen LogP contribution in [0.2, 0.25) is 0 Å². The number of quaternary nitrogens is 2. The van der Waals surface area contributed by atoms with Crippen molar-refractivity contribution in [3.05, 3.63) is 174 Å². The summed E-state index contributed by atoms with van der Waals surface area (Å²) in [5.41, 5.74) is 17.1. The summed E-state index contributed by atoms with van der Waals surface area (Å²) >= 11 is 0. The smallest absolute Gasteiger partial charge is 0.225 e. The zero-order valence-electron chi connectivity index (χ0n) is 39.3. The van der Waals surface area contributed by atoms with Gasteiger partial charge < -0.3 is 9.30 Å². The molecule has 2 aliphatic rings. The number of nitrogens with zero attached hydrogens (tertiary/aromatic N) is 4. The Morgan fingerprint density at radius 3 is 1.95 bits per heavy atom. The number of rotatable bonds is 8. The summed E-state index contributed by atoms with van der Waals surface area (Å²) in [6.07, 6.45) is 1.92. The van der Waals surface area contributed by atoms with Gasteiger partial charge in [-0.2, -0.15) is 10.7 Å². The van der Waals surface area contributed by atoms with Crippen LogP contribution in [-0.2, 0) is 31.9 Å². The summed E-state index contributed by atoms with van der Waals surface area (Å²) < 4.78 is 10.3. The molecule has 0 amide bonds. The van der Waals surface area contributed by atoms with Crippen molar-refractivity contribution in [1.29, 1.82) is 0 Å². The third-order valence-electron chi connectivity index (χ3n) is 13.7. The minimum absolute atomic E-state index is 0. The molecule has 0 N–H and O–H groups in total. The van der Waals surface area contributed by atoms with E-state index in [1.165, 1.54) is 61.6 Å². The van der Waals surface area contributed by atoms with Crippen molar-refractivity contribution < 1.29 is 25.8 Å². The second kappa shape index (κ2) is 15.4. The molecule has 64 heavy (non-hydrogen) atoms. The Kier molecular flexibility index (Phi) is 10.6. The molecule has 0 spiro atoms. The first kappa shape index (κ1) is 43.9. The minimum atomic E-state index is -0.152. The number of benzene rings is 6. The first-order valence-electron chi connectivity index (χ1n) is 22.6. The molecule has 0 aliphatic carbocycles. The fourth-order valence-electron chi connectivity index (χ4n) is 9.98. The number of fused-ring (bicyclic) bond motifs is 7. The van der Waals surface area contributed by atoms with Gasteiger partial charge in [-0.3, -0.25) is 0 Å². The molecule has 0 radical (unpaired) electrons. The molecule has 10 rings (SSSR count). The van der Waals surface area contributed by atoms with E-state index in [4.69, 9.17) is 9.72 Å². The summed E-state index contributed by atoms with van der Waals surface area (Å²) in [5, 5.41) is 2.26. The Labute approximate surface area is 394 Å². The molecule has 2 aliphatic heterocycles. The van der Waals surface area contributed by atoms with Crippen molar-refractivity contribution in [2.75, 3.05) is 0 Å². The molecule has 8 aromatic rings. The molecule has 4 heterocycles. The number of aromatic nitrogens is 2. The molecule has 0 saturated carbocycles. The van der Waals surface area contributed by atoms with Crippen LogP contribution in [0, 0.1) is 32.6 Å². The minimum Gasteiger partial charge on any atom is -0.509 e. The quantitative estimate of drug-likeness (QED) is 0.0862. The van der Waals surface area contributed by atoms with Gasteiger partial charge in [0.25, 0.3) is 0 Å². The van der Waals surface area contributed by atoms with Gasteiger partial charge in [-0.25, -0.2) is 9.58 Å². The van der Waals surface area contributed by atoms with Crippen molar-refractivity contribution in [3.63, 3.8) is 0 Å². The van der Waals surface area contributed by atoms with Gasteiger partial charge in [0.1, 0.15) is 5.82 Å². The topological polar surface area (TPSA) is 27.1 Å². The zero-order chi connectivity index (χ0) is 44.4. The normalized spacial score (nSPS) is 17.9. The van der Waals surface area contributed by atoms with Crippen LogP contribution in [0.3, 0.4) is 0 Å². The predicted molar refractivity (Wildman–Crippen MR) is 263 cm³/mol. The van der Waals surface area contributed by atoms with Gasteiger partial charge in [0.05, 0.1) is 5.69 Å². The van der Waals surface area contributed by atoms with E-state index in [9.17, 15) is 0 Å². The number of hydrogen-bond acceptors (Lipinski definition) is 2. The van der Waals surface area contributed by atoms with Gasteiger partial charge in [0.2, 0.25) is 11.4 Å². The van der Waals surface area contributed by atoms with Crippen molar-refractivity contribution >= 4 is 44.6 Å². The van der Waals surface area contributed by atoms with E-state index in [2.05, 4.69) is 216 Å². The molecular formula is C58H59N4OPt-. The molecule has 1 saturated heterocycles. The van der Waals surface area contributed by atoms with Crippen LogP contribution in [-0.4, -0.2) is 9.55 Å². The fourth-order valence-corrected chi connectivity index (χ4v) is 9.98. The summed E-state index contributed by atoms with van der Waals surface area (Å²) in [6.45, 7) is 29.7. The number of aryl methyl sites for hydroxylation is 2. The molecule has 6 heteroatoms. The van der Waals surface area contributed by atoms with Gasteiger partial charge in [-0.1, -0.05) is 129 Å². The second-order valence-corrected chi connectivity index (χ2v) is 20.6. The van der Waals surface area contributed by atoms with Crippen LogP contribution < -0.4 is 13.9 Å². The maximum atomic E-state index is 6.95. The summed E-state index contributed by atoms with van der Waals surface area (Å²) in [7, 11) is 0. The Bertz CT molecular complexity index is 3120. The van der Waals surface area contributed by atoms with Gasteiger partial charge in [-0.15, -0.1) is 35.2 Å². The van der Waals surface area contributed by atoms with Crippen LogP contribution in [0.15, 0.2) is 121 Å². The van der Waals surface area contributed by atoms with Gasteiger partial charge >= 0.3 is 0 Å². The molecule has 1 unspecified atom stereocenters. The predicted octanol–water partition coefficient (Wildman–Crippen LogP) is 16.0. The average molecular weight is 1020 g/mol. The summed E-state index contributed by atoms with van der Waals surface area (Å²) in [6, 6.07) is 50.1. The van der Waals surface area contributed by atoms with Gasteiger partial charge in [0.15, 0.2) is 12.4 Å². The SMILES string of the molecule is Cc1cc2c(cc1C)[N@@+]1(c3cccc(-c4c(C(C)C)cccc4C(C)C)c3)[CH-][N+]21c1[c-]c(Oc2[c-]c3c(cc2)c2ccccc2n3-c2cc(C(C)(C)C)ccn2)cc(C(C)(C)C)c1.[Pt]. The van der Waals surface area contributed by atoms with Crippen LogP contribution in [0.5, 0.6) is 11.5 Å². The monoisotopic (exact) mass is 1020 g/mol. The molecule has 5 nitrogen and oxygen atoms in total. The van der Waals surface area contributed by atoms with Crippen LogP contribution >= 0.6 is 0 Å². The van der Waals surface area contributed by atoms with E-state index in [1.54, 1.807) is 0 Å². The summed E-state index contributed by atoms with van der Waals surface area (Å²) in [5.74, 6) is 2.98. The maximum Gasteiger partial charge on any atom is 0.225 e. The molecule has 1 fully saturated rings. The van der Waals surface area contributed by atoms with E-state index < -0.39 is 0 Å². The Morgan fingerprint density at radius 2 is 1.28 bits per heavy atom. The van der Waals surface area contributed by atoms with E-state index in [0.717, 1.165) is 33.3 Å². The van der Waals surface area contributed by atoms with Crippen molar-refractivity contribution in [1.82, 2.24) is 18.7 Å². The third-order valence-corrected chi connectivity index (χ3v) is 13.7. The number of para-hydroxylation sites is 1. The fraction of sp³-hybridized carbons (Fsp3) is 0.276. The molecule has 2 atom stereocenters. The number of hydrogen-bond donors (Lipinski definition) is 0. The molecular weight excluding hydrogens is 964 g/mol. The Morgan fingerprint density at radius 1 is 0.625 bits per heavy atom. The van der Waals surface area contributed by atoms with E-state index in [1.807, 2.05) is 12.3 Å². The summed E-state index contributed by atoms with van der Waals surface area (Å²) in [4.78, 5) is 4.90. The van der Waals surface area contributed by atoms with Crippen molar-refractivity contribution in [3.8, 4) is 28.4 Å². The molecule has 2 aromatic heterocycles. The maximum absolute atomic E-state index is 6.95.